The Bertz CT molecular complexity index is 661. The van der Waals surface area contributed by atoms with E-state index in [1.165, 1.54) is 0 Å². The zero-order valence-electron chi connectivity index (χ0n) is 13.8. The third kappa shape index (κ3) is 3.10. The SMILES string of the molecule is CCc1cc(NC2CCc3nc(C(C)C)nn3C2)nc(C)n1. The number of aromatic nitrogens is 5. The molecule has 1 aliphatic rings. The highest BCUT2D eigenvalue weighted by molar-refractivity contribution is 5.37. The van der Waals surface area contributed by atoms with Gasteiger partial charge >= 0.3 is 0 Å². The molecule has 2 aromatic rings. The van der Waals surface area contributed by atoms with E-state index in [-0.39, 0.29) is 0 Å². The Hall–Kier alpha value is -1.98. The van der Waals surface area contributed by atoms with Crippen molar-refractivity contribution in [2.45, 2.75) is 65.5 Å². The fourth-order valence-corrected chi connectivity index (χ4v) is 2.78. The molecular weight excluding hydrogens is 276 g/mol. The largest absolute Gasteiger partial charge is 0.365 e. The standard InChI is InChI=1S/C16H24N6/c1-5-12-8-14(18-11(4)17-12)19-13-6-7-15-20-16(10(2)3)21-22(15)9-13/h8,10,13H,5-7,9H2,1-4H3,(H,17,18,19). The van der Waals surface area contributed by atoms with Gasteiger partial charge in [0.1, 0.15) is 17.5 Å². The number of fused-ring (bicyclic) bond motifs is 1. The second-order valence-corrected chi connectivity index (χ2v) is 6.25. The van der Waals surface area contributed by atoms with Gasteiger partial charge in [0.2, 0.25) is 0 Å². The molecule has 1 unspecified atom stereocenters. The maximum atomic E-state index is 4.63. The molecule has 118 valence electrons. The summed E-state index contributed by atoms with van der Waals surface area (Å²) in [6, 6.07) is 2.39. The average Bonchev–Trinajstić information content (AvgIpc) is 2.90. The summed E-state index contributed by atoms with van der Waals surface area (Å²) in [5, 5.41) is 8.16. The molecular formula is C16H24N6. The number of anilines is 1. The van der Waals surface area contributed by atoms with Crippen molar-refractivity contribution < 1.29 is 0 Å². The lowest BCUT2D eigenvalue weighted by atomic mass is 10.1. The van der Waals surface area contributed by atoms with Crippen LogP contribution in [0.1, 0.15) is 56.3 Å². The van der Waals surface area contributed by atoms with Crippen LogP contribution in [0.25, 0.3) is 0 Å². The van der Waals surface area contributed by atoms with Crippen LogP contribution in [0.4, 0.5) is 5.82 Å². The van der Waals surface area contributed by atoms with E-state index in [0.29, 0.717) is 12.0 Å². The first kappa shape index (κ1) is 14.9. The normalized spacial score (nSPS) is 17.6. The quantitative estimate of drug-likeness (QED) is 0.939. The van der Waals surface area contributed by atoms with Crippen LogP contribution in [0, 0.1) is 6.92 Å². The van der Waals surface area contributed by atoms with Crippen molar-refractivity contribution in [3.05, 3.63) is 29.2 Å². The van der Waals surface area contributed by atoms with Crippen LogP contribution in [0.2, 0.25) is 0 Å². The fraction of sp³-hybridized carbons (Fsp3) is 0.625. The van der Waals surface area contributed by atoms with Crippen LogP contribution in [0.3, 0.4) is 0 Å². The van der Waals surface area contributed by atoms with E-state index >= 15 is 0 Å². The molecule has 0 saturated carbocycles. The molecule has 0 bridgehead atoms. The van der Waals surface area contributed by atoms with E-state index in [1.54, 1.807) is 0 Å². The number of nitrogens with zero attached hydrogens (tertiary/aromatic N) is 5. The zero-order chi connectivity index (χ0) is 15.7. The van der Waals surface area contributed by atoms with Crippen LogP contribution in [-0.2, 0) is 19.4 Å². The molecule has 0 amide bonds. The fourth-order valence-electron chi connectivity index (χ4n) is 2.78. The highest BCUT2D eigenvalue weighted by atomic mass is 15.4. The van der Waals surface area contributed by atoms with Gasteiger partial charge in [0, 0.05) is 30.1 Å². The highest BCUT2D eigenvalue weighted by Gasteiger charge is 2.22. The molecule has 6 heteroatoms. The first-order valence-electron chi connectivity index (χ1n) is 8.10. The van der Waals surface area contributed by atoms with Crippen LogP contribution in [0.15, 0.2) is 6.07 Å². The molecule has 22 heavy (non-hydrogen) atoms. The van der Waals surface area contributed by atoms with E-state index < -0.39 is 0 Å². The lowest BCUT2D eigenvalue weighted by Crippen LogP contribution is -2.32. The summed E-state index contributed by atoms with van der Waals surface area (Å²) in [7, 11) is 0. The number of rotatable bonds is 4. The summed E-state index contributed by atoms with van der Waals surface area (Å²) in [6.07, 6.45) is 2.94. The van der Waals surface area contributed by atoms with E-state index in [2.05, 4.69) is 46.1 Å². The summed E-state index contributed by atoms with van der Waals surface area (Å²) in [5.41, 5.74) is 1.08. The number of hydrogen-bond donors (Lipinski definition) is 1. The lowest BCUT2D eigenvalue weighted by molar-refractivity contribution is 0.439. The van der Waals surface area contributed by atoms with Gasteiger partial charge in [-0.2, -0.15) is 5.10 Å². The number of nitrogens with one attached hydrogen (secondary N) is 1. The molecule has 3 rings (SSSR count). The van der Waals surface area contributed by atoms with Crippen molar-refractivity contribution in [3.63, 3.8) is 0 Å². The topological polar surface area (TPSA) is 68.5 Å². The number of aryl methyl sites for hydroxylation is 3. The Labute approximate surface area is 131 Å². The van der Waals surface area contributed by atoms with Crippen LogP contribution in [0.5, 0.6) is 0 Å². The average molecular weight is 300 g/mol. The molecule has 1 N–H and O–H groups in total. The minimum atomic E-state index is 0.341. The molecule has 0 fully saturated rings. The molecule has 0 aliphatic carbocycles. The number of hydrogen-bond acceptors (Lipinski definition) is 5. The summed E-state index contributed by atoms with van der Waals surface area (Å²) in [5.74, 6) is 4.17. The lowest BCUT2D eigenvalue weighted by Gasteiger charge is -2.24. The smallest absolute Gasteiger partial charge is 0.153 e. The van der Waals surface area contributed by atoms with Crippen molar-refractivity contribution in [2.75, 3.05) is 5.32 Å². The van der Waals surface area contributed by atoms with Gasteiger partial charge in [0.05, 0.1) is 6.54 Å². The van der Waals surface area contributed by atoms with Gasteiger partial charge in [0.15, 0.2) is 5.82 Å². The van der Waals surface area contributed by atoms with Crippen molar-refractivity contribution in [1.29, 1.82) is 0 Å². The Morgan fingerprint density at radius 3 is 2.86 bits per heavy atom. The van der Waals surface area contributed by atoms with Crippen molar-refractivity contribution in [2.24, 2.45) is 0 Å². The van der Waals surface area contributed by atoms with Gasteiger partial charge in [-0.25, -0.2) is 19.6 Å². The third-order valence-electron chi connectivity index (χ3n) is 4.00. The summed E-state index contributed by atoms with van der Waals surface area (Å²) in [6.45, 7) is 9.16. The van der Waals surface area contributed by atoms with Gasteiger partial charge in [-0.05, 0) is 19.8 Å². The Morgan fingerprint density at radius 2 is 2.14 bits per heavy atom. The van der Waals surface area contributed by atoms with Gasteiger partial charge in [-0.1, -0.05) is 20.8 Å². The second-order valence-electron chi connectivity index (χ2n) is 6.25. The molecule has 1 aliphatic heterocycles. The van der Waals surface area contributed by atoms with E-state index in [1.807, 2.05) is 17.7 Å². The molecule has 0 spiro atoms. The second kappa shape index (κ2) is 6.02. The Morgan fingerprint density at radius 1 is 1.32 bits per heavy atom. The summed E-state index contributed by atoms with van der Waals surface area (Å²) in [4.78, 5) is 13.6. The Kier molecular flexibility index (Phi) is 4.09. The monoisotopic (exact) mass is 300 g/mol. The maximum absolute atomic E-state index is 4.63. The first-order valence-corrected chi connectivity index (χ1v) is 8.10. The molecule has 2 aromatic heterocycles. The summed E-state index contributed by atoms with van der Waals surface area (Å²) < 4.78 is 2.05. The highest BCUT2D eigenvalue weighted by Crippen LogP contribution is 2.19. The van der Waals surface area contributed by atoms with Gasteiger partial charge in [-0.15, -0.1) is 0 Å². The molecule has 3 heterocycles. The maximum Gasteiger partial charge on any atom is 0.153 e. The van der Waals surface area contributed by atoms with Gasteiger partial charge < -0.3 is 5.32 Å². The summed E-state index contributed by atoms with van der Waals surface area (Å²) >= 11 is 0. The minimum absolute atomic E-state index is 0.341. The van der Waals surface area contributed by atoms with Crippen molar-refractivity contribution in [1.82, 2.24) is 24.7 Å². The van der Waals surface area contributed by atoms with Crippen molar-refractivity contribution >= 4 is 5.82 Å². The molecule has 0 radical (unpaired) electrons. The predicted molar refractivity (Wildman–Crippen MR) is 86.0 cm³/mol. The van der Waals surface area contributed by atoms with E-state index in [4.69, 9.17) is 0 Å². The zero-order valence-corrected chi connectivity index (χ0v) is 13.8. The Balaban J connectivity index is 1.73. The molecule has 6 nitrogen and oxygen atoms in total. The van der Waals surface area contributed by atoms with Crippen LogP contribution < -0.4 is 5.32 Å². The van der Waals surface area contributed by atoms with Crippen LogP contribution in [-0.4, -0.2) is 30.8 Å². The van der Waals surface area contributed by atoms with E-state index in [0.717, 1.165) is 54.8 Å². The van der Waals surface area contributed by atoms with Crippen LogP contribution >= 0.6 is 0 Å². The first-order chi connectivity index (χ1) is 10.5. The van der Waals surface area contributed by atoms with Gasteiger partial charge in [0.25, 0.3) is 0 Å². The minimum Gasteiger partial charge on any atom is -0.365 e. The van der Waals surface area contributed by atoms with Crippen molar-refractivity contribution in [3.8, 4) is 0 Å². The predicted octanol–water partition coefficient (Wildman–Crippen LogP) is 2.49. The molecule has 0 saturated heterocycles. The van der Waals surface area contributed by atoms with Gasteiger partial charge in [-0.3, -0.25) is 0 Å². The van der Waals surface area contributed by atoms with E-state index in [9.17, 15) is 0 Å². The molecule has 1 atom stereocenters. The third-order valence-corrected chi connectivity index (χ3v) is 4.00. The molecule has 0 aromatic carbocycles.